The van der Waals surface area contributed by atoms with Crippen molar-refractivity contribution in [1.29, 1.82) is 0 Å². The Hall–Kier alpha value is -2.31. The van der Waals surface area contributed by atoms with Gasteiger partial charge in [0.25, 0.3) is 0 Å². The molecule has 35 heavy (non-hydrogen) atoms. The Kier molecular flexibility index (Phi) is 5.72. The van der Waals surface area contributed by atoms with E-state index in [-0.39, 0.29) is 7.25 Å². The predicted molar refractivity (Wildman–Crippen MR) is 151 cm³/mol. The van der Waals surface area contributed by atoms with E-state index in [2.05, 4.69) is 132 Å². The summed E-state index contributed by atoms with van der Waals surface area (Å²) in [7, 11) is 15.7. The molecule has 0 nitrogen and oxygen atoms in total. The zero-order valence-corrected chi connectivity index (χ0v) is 23.5. The van der Waals surface area contributed by atoms with E-state index in [9.17, 15) is 0 Å². The summed E-state index contributed by atoms with van der Waals surface area (Å²) < 4.78 is 2.23. The molecule has 2 atom stereocenters. The molecule has 0 fully saturated rings. The molecule has 0 saturated heterocycles. The summed E-state index contributed by atoms with van der Waals surface area (Å²) in [5, 5.41) is 0. The molecule has 2 aliphatic rings. The Morgan fingerprint density at radius 1 is 0.571 bits per heavy atom. The van der Waals surface area contributed by atoms with Crippen molar-refractivity contribution in [1.82, 2.24) is 0 Å². The van der Waals surface area contributed by atoms with Crippen LogP contribution in [0.15, 0.2) is 109 Å². The van der Waals surface area contributed by atoms with Crippen molar-refractivity contribution in [2.45, 2.75) is 14.2 Å². The summed E-state index contributed by atoms with van der Waals surface area (Å²) in [6.07, 6.45) is 9.03. The number of allylic oxidation sites excluding steroid dienone is 2. The van der Waals surface area contributed by atoms with Crippen LogP contribution < -0.4 is 0 Å². The fourth-order valence-electron chi connectivity index (χ4n) is 5.93. The summed E-state index contributed by atoms with van der Waals surface area (Å²) in [6, 6.07) is 34.2. The van der Waals surface area contributed by atoms with Gasteiger partial charge in [-0.05, 0) is 0 Å². The van der Waals surface area contributed by atoms with Crippen molar-refractivity contribution in [3.8, 4) is 22.3 Å². The van der Waals surface area contributed by atoms with E-state index in [0.717, 1.165) is 0 Å². The van der Waals surface area contributed by atoms with Crippen LogP contribution in [0.3, 0.4) is 0 Å². The molecular formula is C32H26Cl2Zr. The monoisotopic (exact) mass is 570 g/mol. The molecule has 4 aromatic carbocycles. The van der Waals surface area contributed by atoms with Crippen molar-refractivity contribution in [3.63, 3.8) is 0 Å². The maximum absolute atomic E-state index is 7.86. The molecule has 0 amide bonds. The maximum atomic E-state index is 7.86. The van der Waals surface area contributed by atoms with Gasteiger partial charge in [-0.2, -0.15) is 0 Å². The van der Waals surface area contributed by atoms with Gasteiger partial charge in [0.05, 0.1) is 0 Å². The number of rotatable bonds is 4. The van der Waals surface area contributed by atoms with Crippen LogP contribution in [0, 0.1) is 0 Å². The van der Waals surface area contributed by atoms with Gasteiger partial charge in [-0.3, -0.25) is 0 Å². The van der Waals surface area contributed by atoms with E-state index < -0.39 is 15.9 Å². The van der Waals surface area contributed by atoms with E-state index in [4.69, 9.17) is 17.0 Å². The molecule has 0 aliphatic heterocycles. The van der Waals surface area contributed by atoms with Gasteiger partial charge in [-0.15, -0.1) is 0 Å². The summed E-state index contributed by atoms with van der Waals surface area (Å²) in [4.78, 5) is 0. The van der Waals surface area contributed by atoms with E-state index in [1.165, 1.54) is 44.5 Å². The fourth-order valence-corrected chi connectivity index (χ4v) is 19.6. The molecule has 0 N–H and O–H groups in total. The first-order chi connectivity index (χ1) is 17.0. The first-order valence-electron chi connectivity index (χ1n) is 12.1. The van der Waals surface area contributed by atoms with Gasteiger partial charge in [-0.25, -0.2) is 0 Å². The minimum absolute atomic E-state index is 0.0180. The number of fused-ring (bicyclic) bond motifs is 2. The van der Waals surface area contributed by atoms with Crippen molar-refractivity contribution in [2.24, 2.45) is 0 Å². The summed E-state index contributed by atoms with van der Waals surface area (Å²) in [6.45, 7) is 2.07. The van der Waals surface area contributed by atoms with Crippen LogP contribution in [-0.4, -0.2) is 3.71 Å². The molecule has 0 saturated carbocycles. The first-order valence-corrected chi connectivity index (χ1v) is 22.7. The zero-order chi connectivity index (χ0) is 24.1. The van der Waals surface area contributed by atoms with Gasteiger partial charge < -0.3 is 0 Å². The Bertz CT molecular complexity index is 1450. The summed E-state index contributed by atoms with van der Waals surface area (Å²) in [5.41, 5.74) is 9.89. The second-order valence-corrected chi connectivity index (χ2v) is 31.2. The van der Waals surface area contributed by atoms with Gasteiger partial charge >= 0.3 is 217 Å². The van der Waals surface area contributed by atoms with Crippen molar-refractivity contribution in [3.05, 3.63) is 131 Å². The van der Waals surface area contributed by atoms with Gasteiger partial charge in [-0.1, -0.05) is 0 Å². The average Bonchev–Trinajstić information content (AvgIpc) is 3.56. The molecule has 0 spiro atoms. The number of hydrogen-bond donors (Lipinski definition) is 0. The van der Waals surface area contributed by atoms with Crippen LogP contribution in [0.4, 0.5) is 0 Å². The van der Waals surface area contributed by atoms with Crippen LogP contribution in [0.1, 0.15) is 36.4 Å². The fraction of sp³-hybridized carbons (Fsp3) is 0.0938. The number of hydrogen-bond acceptors (Lipinski definition) is 0. The Morgan fingerprint density at radius 3 is 1.40 bits per heavy atom. The number of halogens is 2. The Labute approximate surface area is 215 Å². The molecule has 6 rings (SSSR count). The molecule has 0 radical (unpaired) electrons. The first kappa shape index (κ1) is 23.1. The van der Waals surface area contributed by atoms with E-state index in [1.807, 2.05) is 0 Å². The third kappa shape index (κ3) is 3.63. The van der Waals surface area contributed by atoms with Crippen LogP contribution in [0.2, 0.25) is 0 Å². The third-order valence-electron chi connectivity index (χ3n) is 7.77. The quantitative estimate of drug-likeness (QED) is 0.228. The van der Waals surface area contributed by atoms with Crippen LogP contribution >= 0.6 is 17.0 Å². The number of benzene rings is 4. The van der Waals surface area contributed by atoms with Gasteiger partial charge in [0, 0.05) is 0 Å². The SMILES string of the molecule is C[CH]=[Zr]([Cl])([Cl])([CH]1C=Cc2c(-c3ccccc3)cccc21)[CH]1C=Cc2c(-c3ccccc3)cccc21. The molecule has 2 unspecified atom stereocenters. The normalized spacial score (nSPS) is 18.4. The molecule has 0 heterocycles. The summed E-state index contributed by atoms with van der Waals surface area (Å²) >= 11 is -4.61. The van der Waals surface area contributed by atoms with Crippen molar-refractivity contribution >= 4 is 32.9 Å². The molecule has 0 aromatic heterocycles. The van der Waals surface area contributed by atoms with Gasteiger partial charge in [0.2, 0.25) is 0 Å². The average molecular weight is 573 g/mol. The molecule has 0 bridgehead atoms. The molecule has 3 heteroatoms. The Balaban J connectivity index is 1.48. The predicted octanol–water partition coefficient (Wildman–Crippen LogP) is 9.68. The molecule has 4 aromatic rings. The van der Waals surface area contributed by atoms with Crippen LogP contribution in [-0.2, 0) is 15.9 Å². The van der Waals surface area contributed by atoms with Crippen LogP contribution in [0.25, 0.3) is 34.4 Å². The second-order valence-electron chi connectivity index (χ2n) is 9.54. The molecular weight excluding hydrogens is 546 g/mol. The minimum atomic E-state index is -4.61. The topological polar surface area (TPSA) is 0 Å². The van der Waals surface area contributed by atoms with E-state index >= 15 is 0 Å². The second kappa shape index (κ2) is 8.67. The Morgan fingerprint density at radius 2 is 1.00 bits per heavy atom. The summed E-state index contributed by atoms with van der Waals surface area (Å²) in [5.74, 6) is 0. The zero-order valence-electron chi connectivity index (χ0n) is 19.5. The molecule has 2 aliphatic carbocycles. The van der Waals surface area contributed by atoms with Gasteiger partial charge in [0.1, 0.15) is 0 Å². The van der Waals surface area contributed by atoms with Crippen molar-refractivity contribution < 1.29 is 15.9 Å². The molecule has 172 valence electrons. The van der Waals surface area contributed by atoms with Gasteiger partial charge in [0.15, 0.2) is 0 Å². The van der Waals surface area contributed by atoms with Crippen LogP contribution in [0.5, 0.6) is 0 Å². The van der Waals surface area contributed by atoms with E-state index in [1.54, 1.807) is 0 Å². The standard InChI is InChI=1S/2C15H11.C2H4.2ClH.Zr/c2*1-2-6-12(7-3-1)14-10-4-8-13-9-5-11-15(13)14;1-2;;;/h2*1-11H;1H,2H3;2*1H;/q;;;;;+2/p-2. The van der Waals surface area contributed by atoms with Crippen molar-refractivity contribution in [2.75, 3.05) is 0 Å². The third-order valence-corrected chi connectivity index (χ3v) is 26.9. The van der Waals surface area contributed by atoms with E-state index in [0.29, 0.717) is 0 Å².